The summed E-state index contributed by atoms with van der Waals surface area (Å²) in [4.78, 5) is 17.2. The summed E-state index contributed by atoms with van der Waals surface area (Å²) in [5, 5.41) is 0. The van der Waals surface area contributed by atoms with Crippen LogP contribution in [0.3, 0.4) is 0 Å². The molecular weight excluding hydrogens is 2070 g/mol. The fourth-order valence-electron chi connectivity index (χ4n) is 7.14. The Kier molecular flexibility index (Phi) is 50.4. The van der Waals surface area contributed by atoms with E-state index in [1.807, 2.05) is 152 Å². The zero-order chi connectivity index (χ0) is 64.1. The fourth-order valence-corrected chi connectivity index (χ4v) is 9.02. The Bertz CT molecular complexity index is 3300. The number of nitrogens with zero attached hydrogens (tertiary/aromatic N) is 5. The molecule has 0 bridgehead atoms. The number of pyridine rings is 3. The van der Waals surface area contributed by atoms with Gasteiger partial charge in [-0.15, -0.1) is 0 Å². The number of anilines is 7. The van der Waals surface area contributed by atoms with Crippen molar-refractivity contribution in [3.05, 3.63) is 323 Å². The first kappa shape index (κ1) is 84.3. The van der Waals surface area contributed by atoms with Crippen LogP contribution in [0.5, 0.6) is 0 Å². The van der Waals surface area contributed by atoms with E-state index in [0.29, 0.717) is 8.90 Å². The molecule has 0 atom stereocenters. The Hall–Kier alpha value is -1.74. The van der Waals surface area contributed by atoms with Gasteiger partial charge in [-0.2, -0.15) is 32.0 Å². The summed E-state index contributed by atoms with van der Waals surface area (Å²) in [5.74, 6) is 0. The van der Waals surface area contributed by atoms with E-state index >= 15 is 0 Å². The number of benzene rings is 8. The first-order valence-electron chi connectivity index (χ1n) is 26.1. The van der Waals surface area contributed by atoms with Crippen LogP contribution in [0, 0.1) is 20.0 Å². The number of para-hydroxylation sites is 3. The summed E-state index contributed by atoms with van der Waals surface area (Å²) in [6.07, 6.45) is 7.99. The molecule has 0 aliphatic heterocycles. The van der Waals surface area contributed by atoms with Gasteiger partial charge in [-0.1, -0.05) is 253 Å². The maximum absolute atomic E-state index is 5.36. The summed E-state index contributed by atoms with van der Waals surface area (Å²) in [7, 11) is 5.39. The summed E-state index contributed by atoms with van der Waals surface area (Å²) >= 11 is 26.4. The molecule has 3 aromatic heterocycles. The smallest absolute Gasteiger partial charge is 0.0702 e. The zero-order valence-electron chi connectivity index (χ0n) is 48.2. The molecule has 11 rings (SSSR count). The molecule has 0 saturated carbocycles. The molecule has 452 valence electrons. The van der Waals surface area contributed by atoms with Gasteiger partial charge in [-0.05, 0) is 146 Å². The van der Waals surface area contributed by atoms with Gasteiger partial charge in [0.05, 0.1) is 11.4 Å². The molecule has 0 aliphatic carbocycles. The zero-order valence-corrected chi connectivity index (χ0v) is 71.9. The summed E-state index contributed by atoms with van der Waals surface area (Å²) in [5.41, 5.74) is 16.9. The number of nitrogens with two attached hydrogens (primary N) is 1. The Labute approximate surface area is 652 Å². The standard InChI is InChI=1S/C28H21N3.C18H13Br2N.C6H4Br2.C6H7N.C5H4N.C2H3I3.2C2H5.ClH.2HI.2V.Zn/c1-2-12-24(13-3-1)31(25-14-8-10-22(20-25)27-16-4-6-18-29-27)26-15-9-11-23(21-26)28-17-5-7-19-30-28;19-14-6-4-10-17(12-14)21(16-8-2-1-3-9-16)18-11-5-7-15(20)13-18;7-5-2-1-3-6(8)4-5;7-6-4-2-1-3-5-6;1-2-4-6-5-3-1;1-2(3,4)5;2*1-2;;;;;;/h1-21H;1-13H;1-4H;1-5H,7H2;1-4H;1H3;2*1H2,2H3;3*1H;;;/q;;;;-1;;2*-1;;;;;2*+2/p-3. The molecule has 1 radical (unpaired) electrons. The second-order valence-electron chi connectivity index (χ2n) is 16.5. The quantitative estimate of drug-likeness (QED) is 0.0537. The average Bonchev–Trinajstić information content (AvgIpc) is 2.44. The molecule has 0 spiro atoms. The largest absolute Gasteiger partial charge is 0.394 e. The molecule has 2 N–H and O–H groups in total. The van der Waals surface area contributed by atoms with E-state index in [9.17, 15) is 0 Å². The minimum atomic E-state index is 0. The Morgan fingerprint density at radius 2 is 0.727 bits per heavy atom. The normalized spacial score (nSPS) is 9.33. The molecule has 6 nitrogen and oxygen atoms in total. The van der Waals surface area contributed by atoms with E-state index in [1.54, 1.807) is 26.1 Å². The molecule has 0 saturated heterocycles. The van der Waals surface area contributed by atoms with Crippen LogP contribution in [0.1, 0.15) is 20.8 Å². The summed E-state index contributed by atoms with van der Waals surface area (Å²) in [6, 6.07) is 89.3. The molecular formula is C69H62Br4ClI5N6V2Zn-2. The van der Waals surface area contributed by atoms with Crippen molar-refractivity contribution < 1.29 is 45.3 Å². The van der Waals surface area contributed by atoms with E-state index in [0.717, 1.165) is 97.5 Å². The van der Waals surface area contributed by atoms with Crippen LogP contribution in [0.4, 0.5) is 39.8 Å². The van der Waals surface area contributed by atoms with Crippen molar-refractivity contribution in [3.8, 4) is 22.5 Å². The average molecular weight is 2130 g/mol. The van der Waals surface area contributed by atoms with Crippen LogP contribution in [0.15, 0.2) is 303 Å². The van der Waals surface area contributed by atoms with E-state index in [2.05, 4.69) is 344 Å². The van der Waals surface area contributed by atoms with Gasteiger partial charge in [-0.3, -0.25) is 9.97 Å². The maximum Gasteiger partial charge on any atom is 0.0702 e. The third-order valence-electron chi connectivity index (χ3n) is 10.4. The molecule has 88 heavy (non-hydrogen) atoms. The predicted octanol–water partition coefficient (Wildman–Crippen LogP) is 26.4. The summed E-state index contributed by atoms with van der Waals surface area (Å²) < 4.78 is 4.75. The second-order valence-corrected chi connectivity index (χ2v) is 44.6. The fraction of sp³-hybridized carbons (Fsp3) is 0.0580. The number of rotatable bonds is 8. The third kappa shape index (κ3) is 36.6. The van der Waals surface area contributed by atoms with Crippen LogP contribution in [-0.2, 0) is 45.3 Å². The van der Waals surface area contributed by atoms with E-state index < -0.39 is 0 Å². The van der Waals surface area contributed by atoms with E-state index in [-0.39, 0.29) is 18.6 Å². The van der Waals surface area contributed by atoms with Gasteiger partial charge < -0.3 is 34.4 Å². The van der Waals surface area contributed by atoms with Crippen molar-refractivity contribution in [2.75, 3.05) is 15.5 Å². The van der Waals surface area contributed by atoms with Crippen molar-refractivity contribution in [1.29, 1.82) is 0 Å². The van der Waals surface area contributed by atoms with Crippen molar-refractivity contribution in [1.82, 2.24) is 15.0 Å². The van der Waals surface area contributed by atoms with Crippen molar-refractivity contribution in [3.63, 3.8) is 0 Å². The minimum absolute atomic E-state index is 0. The number of hydrogen-bond acceptors (Lipinski definition) is 6. The Morgan fingerprint density at radius 3 is 0.977 bits per heavy atom. The predicted molar refractivity (Wildman–Crippen MR) is 426 cm³/mol. The van der Waals surface area contributed by atoms with E-state index in [1.165, 1.54) is 0 Å². The van der Waals surface area contributed by atoms with Gasteiger partial charge in [0.2, 0.25) is 0 Å². The van der Waals surface area contributed by atoms with Gasteiger partial charge >= 0.3 is 76.4 Å². The third-order valence-corrected chi connectivity index (χ3v) is 12.4. The van der Waals surface area contributed by atoms with Gasteiger partial charge in [0.15, 0.2) is 0 Å². The maximum atomic E-state index is 5.36. The number of aromatic nitrogens is 3. The van der Waals surface area contributed by atoms with Crippen LogP contribution in [0.2, 0.25) is 0 Å². The molecule has 0 fully saturated rings. The first-order valence-corrected chi connectivity index (χ1v) is 45.4. The van der Waals surface area contributed by atoms with Crippen molar-refractivity contribution in [2.45, 2.75) is 20.2 Å². The second kappa shape index (κ2) is 52.6. The number of hydrogen-bond donors (Lipinski definition) is 1. The van der Waals surface area contributed by atoms with Crippen molar-refractivity contribution in [2.24, 2.45) is 0 Å². The number of halogens is 10. The SMILES string of the molecule is Brc1cccc(Br)c1.Brc1cccc(N(c2ccccc2)c2cccc(Br)c2)c1.CC(I)(I)I.Nc1ccccc1.[CH2-]C.[CH2-]C.[Cl][Zn+].[I][V][I].[V].[c-]1ccccn1.c1ccc(N(c2cccc(-c3ccccn3)c2)c2cccc(-c3ccccn3)c2)cc1. The minimum Gasteiger partial charge on any atom is -0.394 e. The molecule has 0 aliphatic rings. The molecule has 0 unspecified atom stereocenters. The van der Waals surface area contributed by atoms with Crippen LogP contribution < -0.4 is 15.5 Å². The topological polar surface area (TPSA) is 71.2 Å². The molecule has 19 heteroatoms. The van der Waals surface area contributed by atoms with Gasteiger partial charge in [0.1, 0.15) is -0.565 Å². The van der Waals surface area contributed by atoms with Gasteiger partial charge in [-0.25, -0.2) is 0 Å². The number of alkyl halides is 3. The van der Waals surface area contributed by atoms with Crippen LogP contribution >= 0.6 is 181 Å². The number of nitrogen functional groups attached to an aromatic ring is 1. The monoisotopic (exact) mass is 2130 g/mol. The van der Waals surface area contributed by atoms with E-state index in [4.69, 9.17) is 15.4 Å². The van der Waals surface area contributed by atoms with Crippen LogP contribution in [-0.4, -0.2) is 14.4 Å². The first-order chi connectivity index (χ1) is 42.2. The molecule has 11 aromatic rings. The van der Waals surface area contributed by atoms with Gasteiger partial charge in [0.25, 0.3) is 0 Å². The van der Waals surface area contributed by atoms with Crippen LogP contribution in [0.25, 0.3) is 22.5 Å². The molecule has 8 aromatic carbocycles. The Balaban J connectivity index is 0.000000582. The van der Waals surface area contributed by atoms with Crippen molar-refractivity contribution >= 4 is 221 Å². The molecule has 3 heterocycles. The van der Waals surface area contributed by atoms with Gasteiger partial charge in [0, 0.05) is 99.8 Å². The molecule has 0 amide bonds. The Morgan fingerprint density at radius 1 is 0.432 bits per heavy atom. The summed E-state index contributed by atoms with van der Waals surface area (Å²) in [6.45, 7) is 12.1.